The summed E-state index contributed by atoms with van der Waals surface area (Å²) in [5, 5.41) is 2.88. The second-order valence-corrected chi connectivity index (χ2v) is 6.37. The first-order valence-electron chi connectivity index (χ1n) is 7.09. The molecule has 2 rings (SSSR count). The van der Waals surface area contributed by atoms with Gasteiger partial charge < -0.3 is 9.73 Å². The monoisotopic (exact) mass is 286 g/mol. The third-order valence-electron chi connectivity index (χ3n) is 3.16. The Bertz CT molecular complexity index is 651. The molecule has 1 amide bonds. The van der Waals surface area contributed by atoms with E-state index in [1.807, 2.05) is 58.9 Å². The molecule has 0 radical (unpaired) electrons. The highest BCUT2D eigenvalue weighted by molar-refractivity contribution is 5.92. The number of amides is 1. The molecular formula is C17H22N2O2. The highest BCUT2D eigenvalue weighted by atomic mass is 16.4. The van der Waals surface area contributed by atoms with Crippen molar-refractivity contribution in [3.63, 3.8) is 0 Å². The lowest BCUT2D eigenvalue weighted by atomic mass is 9.97. The normalized spacial score (nSPS) is 11.5. The van der Waals surface area contributed by atoms with Crippen LogP contribution in [0.5, 0.6) is 0 Å². The highest BCUT2D eigenvalue weighted by Crippen LogP contribution is 2.24. The number of anilines is 1. The van der Waals surface area contributed by atoms with Crippen LogP contribution in [0.2, 0.25) is 0 Å². The average molecular weight is 286 g/mol. The number of rotatable bonds is 3. The Morgan fingerprint density at radius 1 is 1.29 bits per heavy atom. The lowest BCUT2D eigenvalue weighted by Gasteiger charge is -2.12. The molecule has 0 aliphatic rings. The molecular weight excluding hydrogens is 264 g/mol. The van der Waals surface area contributed by atoms with E-state index in [1.165, 1.54) is 0 Å². The maximum absolute atomic E-state index is 12.1. The van der Waals surface area contributed by atoms with E-state index >= 15 is 0 Å². The summed E-state index contributed by atoms with van der Waals surface area (Å²) in [6.07, 6.45) is 0.197. The fourth-order valence-electron chi connectivity index (χ4n) is 1.99. The maximum Gasteiger partial charge on any atom is 0.232 e. The van der Waals surface area contributed by atoms with Crippen molar-refractivity contribution in [3.05, 3.63) is 47.2 Å². The van der Waals surface area contributed by atoms with Crippen molar-refractivity contribution in [2.75, 3.05) is 5.32 Å². The fourth-order valence-corrected chi connectivity index (χ4v) is 1.99. The van der Waals surface area contributed by atoms with Gasteiger partial charge in [-0.3, -0.25) is 4.79 Å². The van der Waals surface area contributed by atoms with Crippen molar-refractivity contribution < 1.29 is 9.21 Å². The number of nitrogens with one attached hydrogen (secondary N) is 1. The summed E-state index contributed by atoms with van der Waals surface area (Å²) < 4.78 is 5.74. The van der Waals surface area contributed by atoms with Gasteiger partial charge in [0.15, 0.2) is 5.89 Å². The van der Waals surface area contributed by atoms with E-state index in [4.69, 9.17) is 4.42 Å². The molecule has 21 heavy (non-hydrogen) atoms. The van der Waals surface area contributed by atoms with Crippen LogP contribution < -0.4 is 5.32 Å². The number of oxazole rings is 1. The molecule has 1 N–H and O–H groups in total. The number of aryl methyl sites for hydroxylation is 2. The SMILES string of the molecule is Cc1cccc(NC(=O)Cc2oc(C(C)(C)C)nc2C)c1. The molecule has 4 nitrogen and oxygen atoms in total. The lowest BCUT2D eigenvalue weighted by molar-refractivity contribution is -0.115. The molecule has 0 saturated heterocycles. The van der Waals surface area contributed by atoms with E-state index < -0.39 is 0 Å². The predicted octanol–water partition coefficient (Wildman–Crippen LogP) is 3.77. The first kappa shape index (κ1) is 15.3. The van der Waals surface area contributed by atoms with Gasteiger partial charge in [-0.05, 0) is 31.5 Å². The number of hydrogen-bond donors (Lipinski definition) is 1. The van der Waals surface area contributed by atoms with Gasteiger partial charge in [-0.1, -0.05) is 32.9 Å². The summed E-state index contributed by atoms with van der Waals surface area (Å²) in [5.41, 5.74) is 2.53. The molecule has 0 unspecified atom stereocenters. The van der Waals surface area contributed by atoms with E-state index in [0.717, 1.165) is 16.9 Å². The topological polar surface area (TPSA) is 55.1 Å². The van der Waals surface area contributed by atoms with Crippen LogP contribution in [0.1, 0.15) is 43.7 Å². The van der Waals surface area contributed by atoms with Crippen LogP contribution in [0, 0.1) is 13.8 Å². The molecule has 0 fully saturated rings. The summed E-state index contributed by atoms with van der Waals surface area (Å²) in [4.78, 5) is 16.5. The Morgan fingerprint density at radius 2 is 2.00 bits per heavy atom. The molecule has 112 valence electrons. The van der Waals surface area contributed by atoms with Gasteiger partial charge in [-0.15, -0.1) is 0 Å². The number of carbonyl (C=O) groups is 1. The molecule has 0 aliphatic heterocycles. The van der Waals surface area contributed by atoms with Crippen LogP contribution in [0.3, 0.4) is 0 Å². The second kappa shape index (κ2) is 5.72. The summed E-state index contributed by atoms with van der Waals surface area (Å²) >= 11 is 0. The Hall–Kier alpha value is -2.10. The Labute approximate surface area is 125 Å². The van der Waals surface area contributed by atoms with Gasteiger partial charge in [-0.25, -0.2) is 4.98 Å². The zero-order chi connectivity index (χ0) is 15.6. The molecule has 1 heterocycles. The first-order valence-corrected chi connectivity index (χ1v) is 7.09. The second-order valence-electron chi connectivity index (χ2n) is 6.37. The summed E-state index contributed by atoms with van der Waals surface area (Å²) in [5.74, 6) is 1.20. The largest absolute Gasteiger partial charge is 0.444 e. The minimum Gasteiger partial charge on any atom is -0.444 e. The summed E-state index contributed by atoms with van der Waals surface area (Å²) in [6.45, 7) is 9.97. The van der Waals surface area contributed by atoms with Gasteiger partial charge >= 0.3 is 0 Å². The van der Waals surface area contributed by atoms with Gasteiger partial charge in [0.1, 0.15) is 5.76 Å². The predicted molar refractivity (Wildman–Crippen MR) is 83.5 cm³/mol. The van der Waals surface area contributed by atoms with Crippen LogP contribution in [0.25, 0.3) is 0 Å². The minimum atomic E-state index is -0.157. The van der Waals surface area contributed by atoms with Crippen molar-refractivity contribution in [2.45, 2.75) is 46.5 Å². The first-order chi connectivity index (χ1) is 9.75. The molecule has 4 heteroatoms. The number of hydrogen-bond acceptors (Lipinski definition) is 3. The fraction of sp³-hybridized carbons (Fsp3) is 0.412. The van der Waals surface area contributed by atoms with Crippen LogP contribution >= 0.6 is 0 Å². The minimum absolute atomic E-state index is 0.0969. The number of benzene rings is 1. The molecule has 1 aromatic heterocycles. The number of carbonyl (C=O) groups excluding carboxylic acids is 1. The van der Waals surface area contributed by atoms with Crippen LogP contribution in [0.4, 0.5) is 5.69 Å². The molecule has 0 bridgehead atoms. The van der Waals surface area contributed by atoms with Gasteiger partial charge in [0.2, 0.25) is 5.91 Å². The van der Waals surface area contributed by atoms with Crippen molar-refractivity contribution in [1.29, 1.82) is 0 Å². The van der Waals surface area contributed by atoms with Crippen molar-refractivity contribution >= 4 is 11.6 Å². The summed E-state index contributed by atoms with van der Waals surface area (Å²) in [7, 11) is 0. The zero-order valence-corrected chi connectivity index (χ0v) is 13.3. The van der Waals surface area contributed by atoms with Crippen molar-refractivity contribution in [1.82, 2.24) is 4.98 Å². The van der Waals surface area contributed by atoms with Gasteiger partial charge in [0.05, 0.1) is 12.1 Å². The lowest BCUT2D eigenvalue weighted by Crippen LogP contribution is -2.14. The standard InChI is InChI=1S/C17H22N2O2/c1-11-7-6-8-13(9-11)19-15(20)10-14-12(2)18-16(21-14)17(3,4)5/h6-9H,10H2,1-5H3,(H,19,20). The van der Waals surface area contributed by atoms with E-state index in [1.54, 1.807) is 0 Å². The van der Waals surface area contributed by atoms with E-state index in [0.29, 0.717) is 11.7 Å². The van der Waals surface area contributed by atoms with Gasteiger partial charge in [0.25, 0.3) is 0 Å². The molecule has 0 atom stereocenters. The van der Waals surface area contributed by atoms with Crippen LogP contribution in [0.15, 0.2) is 28.7 Å². The smallest absolute Gasteiger partial charge is 0.232 e. The average Bonchev–Trinajstić information content (AvgIpc) is 2.70. The van der Waals surface area contributed by atoms with Crippen molar-refractivity contribution in [3.8, 4) is 0 Å². The van der Waals surface area contributed by atoms with Crippen molar-refractivity contribution in [2.24, 2.45) is 0 Å². The van der Waals surface area contributed by atoms with Gasteiger partial charge in [-0.2, -0.15) is 0 Å². The van der Waals surface area contributed by atoms with E-state index in [2.05, 4.69) is 10.3 Å². The summed E-state index contributed by atoms with van der Waals surface area (Å²) in [6, 6.07) is 7.72. The Kier molecular flexibility index (Phi) is 4.16. The quantitative estimate of drug-likeness (QED) is 0.934. The van der Waals surface area contributed by atoms with E-state index in [-0.39, 0.29) is 17.7 Å². The van der Waals surface area contributed by atoms with E-state index in [9.17, 15) is 4.79 Å². The maximum atomic E-state index is 12.1. The number of aromatic nitrogens is 1. The Balaban J connectivity index is 2.08. The van der Waals surface area contributed by atoms with Gasteiger partial charge in [0, 0.05) is 11.1 Å². The molecule has 0 spiro atoms. The molecule has 2 aromatic rings. The highest BCUT2D eigenvalue weighted by Gasteiger charge is 2.23. The molecule has 1 aromatic carbocycles. The van der Waals surface area contributed by atoms with Crippen LogP contribution in [-0.4, -0.2) is 10.9 Å². The number of nitrogens with zero attached hydrogens (tertiary/aromatic N) is 1. The Morgan fingerprint density at radius 3 is 2.57 bits per heavy atom. The zero-order valence-electron chi connectivity index (χ0n) is 13.3. The van der Waals surface area contributed by atoms with Crippen LogP contribution in [-0.2, 0) is 16.6 Å². The third kappa shape index (κ3) is 3.94. The third-order valence-corrected chi connectivity index (χ3v) is 3.16. The molecule has 0 aliphatic carbocycles. The molecule has 0 saturated carbocycles.